The molecule has 0 aliphatic rings. The van der Waals surface area contributed by atoms with E-state index in [-0.39, 0.29) is 11.4 Å². The van der Waals surface area contributed by atoms with E-state index in [1.807, 2.05) is 0 Å². The average molecular weight is 296 g/mol. The first-order valence-corrected chi connectivity index (χ1v) is 7.24. The Morgan fingerprint density at radius 2 is 1.90 bits per heavy atom. The third kappa shape index (κ3) is 3.52. The number of methoxy groups -OCH3 is 1. The number of nitrogens with one attached hydrogen (secondary N) is 1. The van der Waals surface area contributed by atoms with Gasteiger partial charge in [0.25, 0.3) is 0 Å². The number of rotatable bonds is 5. The van der Waals surface area contributed by atoms with E-state index in [1.165, 1.54) is 25.4 Å². The molecular formula is C13H13FN2O3S. The van der Waals surface area contributed by atoms with E-state index >= 15 is 0 Å². The van der Waals surface area contributed by atoms with Crippen molar-refractivity contribution in [2.24, 2.45) is 0 Å². The van der Waals surface area contributed by atoms with Gasteiger partial charge >= 0.3 is 0 Å². The van der Waals surface area contributed by atoms with E-state index in [1.54, 1.807) is 12.1 Å². The topological polar surface area (TPSA) is 68.3 Å². The molecule has 0 radical (unpaired) electrons. The molecule has 2 rings (SSSR count). The summed E-state index contributed by atoms with van der Waals surface area (Å²) >= 11 is 0. The van der Waals surface area contributed by atoms with Gasteiger partial charge in [-0.2, -0.15) is 0 Å². The van der Waals surface area contributed by atoms with E-state index in [0.717, 1.165) is 12.1 Å². The van der Waals surface area contributed by atoms with Crippen LogP contribution < -0.4 is 9.46 Å². The molecule has 20 heavy (non-hydrogen) atoms. The van der Waals surface area contributed by atoms with Crippen LogP contribution in [-0.2, 0) is 16.6 Å². The van der Waals surface area contributed by atoms with Gasteiger partial charge in [-0.05, 0) is 29.8 Å². The number of hydrogen-bond acceptors (Lipinski definition) is 4. The van der Waals surface area contributed by atoms with E-state index in [2.05, 4.69) is 9.71 Å². The molecule has 0 amide bonds. The lowest BCUT2D eigenvalue weighted by molar-refractivity contribution is 0.397. The number of halogens is 1. The maximum absolute atomic E-state index is 12.8. The molecule has 1 aromatic heterocycles. The van der Waals surface area contributed by atoms with Gasteiger partial charge in [0.1, 0.15) is 5.82 Å². The van der Waals surface area contributed by atoms with Crippen LogP contribution >= 0.6 is 0 Å². The van der Waals surface area contributed by atoms with Crippen LogP contribution in [0.15, 0.2) is 47.5 Å². The standard InChI is InChI=1S/C13H13FN2O3S/c1-19-13-7-2-10(8-15-13)9-16-20(17,18)12-5-3-11(14)4-6-12/h2-8,16H,9H2,1H3. The van der Waals surface area contributed by atoms with Crippen molar-refractivity contribution in [1.82, 2.24) is 9.71 Å². The van der Waals surface area contributed by atoms with Crippen molar-refractivity contribution in [3.8, 4) is 5.88 Å². The highest BCUT2D eigenvalue weighted by atomic mass is 32.2. The Morgan fingerprint density at radius 1 is 1.20 bits per heavy atom. The second kappa shape index (κ2) is 5.98. The molecule has 1 aromatic carbocycles. The molecule has 0 atom stereocenters. The summed E-state index contributed by atoms with van der Waals surface area (Å²) in [5.41, 5.74) is 0.691. The van der Waals surface area contributed by atoms with Crippen LogP contribution in [0.3, 0.4) is 0 Å². The molecule has 5 nitrogen and oxygen atoms in total. The second-order valence-electron chi connectivity index (χ2n) is 3.99. The van der Waals surface area contributed by atoms with E-state index in [0.29, 0.717) is 11.4 Å². The van der Waals surface area contributed by atoms with Gasteiger partial charge in [0.2, 0.25) is 15.9 Å². The van der Waals surface area contributed by atoms with Crippen LogP contribution in [0.4, 0.5) is 4.39 Å². The number of aromatic nitrogens is 1. The van der Waals surface area contributed by atoms with Gasteiger partial charge in [-0.3, -0.25) is 0 Å². The van der Waals surface area contributed by atoms with Gasteiger partial charge in [-0.1, -0.05) is 6.07 Å². The molecule has 1 N–H and O–H groups in total. The summed E-state index contributed by atoms with van der Waals surface area (Å²) in [5, 5.41) is 0. The van der Waals surface area contributed by atoms with Crippen molar-refractivity contribution in [1.29, 1.82) is 0 Å². The van der Waals surface area contributed by atoms with Gasteiger partial charge in [0, 0.05) is 18.8 Å². The lowest BCUT2D eigenvalue weighted by Crippen LogP contribution is -2.23. The highest BCUT2D eigenvalue weighted by Gasteiger charge is 2.13. The van der Waals surface area contributed by atoms with Crippen LogP contribution in [0.5, 0.6) is 5.88 Å². The summed E-state index contributed by atoms with van der Waals surface area (Å²) in [6.45, 7) is 0.0940. The number of ether oxygens (including phenoxy) is 1. The number of nitrogens with zero attached hydrogens (tertiary/aromatic N) is 1. The minimum Gasteiger partial charge on any atom is -0.481 e. The Kier molecular flexibility index (Phi) is 4.31. The van der Waals surface area contributed by atoms with Crippen molar-refractivity contribution in [3.63, 3.8) is 0 Å². The molecule has 0 fully saturated rings. The first-order valence-electron chi connectivity index (χ1n) is 5.75. The lowest BCUT2D eigenvalue weighted by Gasteiger charge is -2.07. The lowest BCUT2D eigenvalue weighted by atomic mass is 10.3. The second-order valence-corrected chi connectivity index (χ2v) is 5.75. The summed E-state index contributed by atoms with van der Waals surface area (Å²) in [6, 6.07) is 7.97. The Hall–Kier alpha value is -1.99. The number of sulfonamides is 1. The van der Waals surface area contributed by atoms with E-state index < -0.39 is 15.8 Å². The zero-order valence-electron chi connectivity index (χ0n) is 10.7. The highest BCUT2D eigenvalue weighted by molar-refractivity contribution is 7.89. The quantitative estimate of drug-likeness (QED) is 0.912. The predicted molar refractivity (Wildman–Crippen MR) is 71.2 cm³/mol. The van der Waals surface area contributed by atoms with Crippen LogP contribution in [0.25, 0.3) is 0 Å². The van der Waals surface area contributed by atoms with Gasteiger partial charge in [0.05, 0.1) is 12.0 Å². The fourth-order valence-corrected chi connectivity index (χ4v) is 2.53. The van der Waals surface area contributed by atoms with Gasteiger partial charge < -0.3 is 4.74 Å². The molecule has 0 bridgehead atoms. The molecule has 106 valence electrons. The molecule has 0 saturated heterocycles. The first kappa shape index (κ1) is 14.4. The van der Waals surface area contributed by atoms with Crippen LogP contribution in [0.2, 0.25) is 0 Å². The molecule has 0 spiro atoms. The molecule has 2 aromatic rings. The number of benzene rings is 1. The Balaban J connectivity index is 2.06. The number of pyridine rings is 1. The zero-order valence-corrected chi connectivity index (χ0v) is 11.5. The maximum Gasteiger partial charge on any atom is 0.240 e. The Bertz CT molecular complexity index is 670. The van der Waals surface area contributed by atoms with Gasteiger partial charge in [-0.15, -0.1) is 0 Å². The van der Waals surface area contributed by atoms with Gasteiger partial charge in [-0.25, -0.2) is 22.5 Å². The summed E-state index contributed by atoms with van der Waals surface area (Å²) in [5.74, 6) is -0.0292. The molecule has 0 aliphatic heterocycles. The van der Waals surface area contributed by atoms with Gasteiger partial charge in [0.15, 0.2) is 0 Å². The van der Waals surface area contributed by atoms with Crippen molar-refractivity contribution in [2.45, 2.75) is 11.4 Å². The van der Waals surface area contributed by atoms with Crippen LogP contribution in [-0.4, -0.2) is 20.5 Å². The Morgan fingerprint density at radius 3 is 2.45 bits per heavy atom. The molecule has 1 heterocycles. The normalized spacial score (nSPS) is 11.3. The van der Waals surface area contributed by atoms with Crippen molar-refractivity contribution < 1.29 is 17.5 Å². The third-order valence-electron chi connectivity index (χ3n) is 2.60. The predicted octanol–water partition coefficient (Wildman–Crippen LogP) is 1.71. The summed E-state index contributed by atoms with van der Waals surface area (Å²) in [6.07, 6.45) is 1.52. The largest absolute Gasteiger partial charge is 0.481 e. The van der Waals surface area contributed by atoms with Crippen molar-refractivity contribution in [2.75, 3.05) is 7.11 Å². The minimum absolute atomic E-state index is 0.0142. The van der Waals surface area contributed by atoms with Crippen molar-refractivity contribution in [3.05, 3.63) is 54.0 Å². The molecule has 7 heteroatoms. The Labute approximate surface area is 116 Å². The molecule has 0 unspecified atom stereocenters. The monoisotopic (exact) mass is 296 g/mol. The smallest absolute Gasteiger partial charge is 0.240 e. The first-order chi connectivity index (χ1) is 9.51. The fraction of sp³-hybridized carbons (Fsp3) is 0.154. The van der Waals surface area contributed by atoms with Crippen molar-refractivity contribution >= 4 is 10.0 Å². The van der Waals surface area contributed by atoms with E-state index in [9.17, 15) is 12.8 Å². The third-order valence-corrected chi connectivity index (χ3v) is 4.01. The van der Waals surface area contributed by atoms with E-state index in [4.69, 9.17) is 4.74 Å². The highest BCUT2D eigenvalue weighted by Crippen LogP contribution is 2.11. The molecule has 0 saturated carbocycles. The zero-order chi connectivity index (χ0) is 14.6. The summed E-state index contributed by atoms with van der Waals surface area (Å²) in [7, 11) is -2.17. The average Bonchev–Trinajstić information content (AvgIpc) is 2.46. The molecular weight excluding hydrogens is 283 g/mol. The molecule has 0 aliphatic carbocycles. The summed E-state index contributed by atoms with van der Waals surface area (Å²) < 4.78 is 44.0. The fourth-order valence-electron chi connectivity index (χ4n) is 1.51. The van der Waals surface area contributed by atoms with Crippen LogP contribution in [0, 0.1) is 5.82 Å². The summed E-state index contributed by atoms with van der Waals surface area (Å²) in [4.78, 5) is 3.99. The SMILES string of the molecule is COc1ccc(CNS(=O)(=O)c2ccc(F)cc2)cn1. The van der Waals surface area contributed by atoms with Crippen LogP contribution in [0.1, 0.15) is 5.56 Å². The maximum atomic E-state index is 12.8. The number of hydrogen-bond donors (Lipinski definition) is 1. The minimum atomic E-state index is -3.67.